The van der Waals surface area contributed by atoms with Crippen molar-refractivity contribution in [3.8, 4) is 0 Å². The van der Waals surface area contributed by atoms with Gasteiger partial charge < -0.3 is 10.8 Å². The van der Waals surface area contributed by atoms with Gasteiger partial charge in [0.05, 0.1) is 0 Å². The van der Waals surface area contributed by atoms with E-state index in [-0.39, 0.29) is 6.61 Å². The molecule has 0 radical (unpaired) electrons. The summed E-state index contributed by atoms with van der Waals surface area (Å²) in [6, 6.07) is 5.50. The molecule has 0 aliphatic carbocycles. The number of aliphatic hydroxyl groups is 1. The first-order chi connectivity index (χ1) is 6.66. The Bertz CT molecular complexity index is 334. The van der Waals surface area contributed by atoms with Crippen molar-refractivity contribution in [3.63, 3.8) is 0 Å². The number of amides is 1. The lowest BCUT2D eigenvalue weighted by Gasteiger charge is -2.07. The van der Waals surface area contributed by atoms with Crippen LogP contribution in [0.3, 0.4) is 0 Å². The van der Waals surface area contributed by atoms with E-state index in [9.17, 15) is 4.79 Å². The molecule has 3 nitrogen and oxygen atoms in total. The summed E-state index contributed by atoms with van der Waals surface area (Å²) in [7, 11) is 0. The summed E-state index contributed by atoms with van der Waals surface area (Å²) in [4.78, 5) is 11.0. The van der Waals surface area contributed by atoms with Crippen LogP contribution in [-0.4, -0.2) is 17.6 Å². The highest BCUT2D eigenvalue weighted by Gasteiger charge is 2.07. The molecule has 76 valence electrons. The Kier molecular flexibility index (Phi) is 3.65. The Labute approximate surface area is 83.6 Å². The van der Waals surface area contributed by atoms with Crippen LogP contribution in [0.15, 0.2) is 18.2 Å². The number of hydrogen-bond donors (Lipinski definition) is 2. The van der Waals surface area contributed by atoms with Gasteiger partial charge in [-0.2, -0.15) is 0 Å². The van der Waals surface area contributed by atoms with E-state index in [2.05, 4.69) is 0 Å². The quantitative estimate of drug-likeness (QED) is 0.749. The minimum Gasteiger partial charge on any atom is -0.396 e. The predicted molar refractivity (Wildman–Crippen MR) is 55.1 cm³/mol. The van der Waals surface area contributed by atoms with Gasteiger partial charge in [0.25, 0.3) is 0 Å². The molecular weight excluding hydrogens is 178 g/mol. The van der Waals surface area contributed by atoms with Gasteiger partial charge in [-0.25, -0.2) is 0 Å². The zero-order chi connectivity index (χ0) is 10.6. The molecule has 1 amide bonds. The second kappa shape index (κ2) is 4.77. The van der Waals surface area contributed by atoms with Crippen molar-refractivity contribution >= 4 is 5.91 Å². The number of rotatable bonds is 4. The third-order valence-electron chi connectivity index (χ3n) is 2.32. The van der Waals surface area contributed by atoms with E-state index >= 15 is 0 Å². The van der Waals surface area contributed by atoms with E-state index in [0.717, 1.165) is 17.5 Å². The lowest BCUT2D eigenvalue weighted by Crippen LogP contribution is -2.13. The van der Waals surface area contributed by atoms with E-state index in [0.29, 0.717) is 12.0 Å². The molecule has 0 saturated heterocycles. The van der Waals surface area contributed by atoms with Crippen molar-refractivity contribution in [1.82, 2.24) is 0 Å². The van der Waals surface area contributed by atoms with Crippen molar-refractivity contribution in [3.05, 3.63) is 34.9 Å². The fourth-order valence-electron chi connectivity index (χ4n) is 1.49. The fraction of sp³-hybridized carbons (Fsp3) is 0.364. The summed E-state index contributed by atoms with van der Waals surface area (Å²) in [5.41, 5.74) is 7.80. The van der Waals surface area contributed by atoms with Crippen LogP contribution in [0.2, 0.25) is 0 Å². The van der Waals surface area contributed by atoms with Crippen molar-refractivity contribution in [1.29, 1.82) is 0 Å². The summed E-state index contributed by atoms with van der Waals surface area (Å²) >= 11 is 0. The Morgan fingerprint density at radius 2 is 2.21 bits per heavy atom. The maximum atomic E-state index is 11.0. The molecule has 0 fully saturated rings. The van der Waals surface area contributed by atoms with Gasteiger partial charge in [0.1, 0.15) is 0 Å². The second-order valence-electron chi connectivity index (χ2n) is 3.28. The molecule has 0 unspecified atom stereocenters. The monoisotopic (exact) mass is 193 g/mol. The third-order valence-corrected chi connectivity index (χ3v) is 2.32. The molecule has 0 aromatic heterocycles. The van der Waals surface area contributed by atoms with Crippen LogP contribution < -0.4 is 5.73 Å². The molecule has 1 aromatic rings. The topological polar surface area (TPSA) is 63.3 Å². The maximum Gasteiger partial charge on any atom is 0.248 e. The lowest BCUT2D eigenvalue weighted by atomic mass is 9.99. The average molecular weight is 193 g/mol. The second-order valence-corrected chi connectivity index (χ2v) is 3.28. The van der Waals surface area contributed by atoms with Crippen LogP contribution in [0.4, 0.5) is 0 Å². The molecule has 3 N–H and O–H groups in total. The van der Waals surface area contributed by atoms with Gasteiger partial charge in [-0.15, -0.1) is 0 Å². The summed E-state index contributed by atoms with van der Waals surface area (Å²) in [6.45, 7) is 2.05. The molecule has 0 heterocycles. The number of carbonyl (C=O) groups excluding carboxylic acids is 1. The molecule has 1 rings (SSSR count). The minimum atomic E-state index is -0.395. The average Bonchev–Trinajstić information content (AvgIpc) is 2.16. The smallest absolute Gasteiger partial charge is 0.248 e. The molecular formula is C11H15NO2. The highest BCUT2D eigenvalue weighted by Crippen LogP contribution is 2.14. The van der Waals surface area contributed by atoms with Gasteiger partial charge in [0, 0.05) is 12.2 Å². The number of carbonyl (C=O) groups is 1. The standard InChI is InChI=1S/C11H15NO2/c1-8-9(5-3-7-13)4-2-6-10(8)11(12)14/h2,4,6,13H,3,5,7H2,1H3,(H2,12,14). The molecule has 0 atom stereocenters. The fourth-order valence-corrected chi connectivity index (χ4v) is 1.49. The zero-order valence-corrected chi connectivity index (χ0v) is 8.29. The molecule has 3 heteroatoms. The predicted octanol–water partition coefficient (Wildman–Crippen LogP) is 1.02. The van der Waals surface area contributed by atoms with Gasteiger partial charge in [0.15, 0.2) is 0 Å². The summed E-state index contributed by atoms with van der Waals surface area (Å²) in [5, 5.41) is 8.71. The summed E-state index contributed by atoms with van der Waals surface area (Å²) < 4.78 is 0. The highest BCUT2D eigenvalue weighted by molar-refractivity contribution is 5.94. The Hall–Kier alpha value is -1.35. The minimum absolute atomic E-state index is 0.167. The molecule has 0 spiro atoms. The van der Waals surface area contributed by atoms with Gasteiger partial charge in [-0.05, 0) is 37.0 Å². The van der Waals surface area contributed by atoms with Crippen LogP contribution in [0, 0.1) is 6.92 Å². The van der Waals surface area contributed by atoms with E-state index in [1.165, 1.54) is 0 Å². The third kappa shape index (κ3) is 2.33. The highest BCUT2D eigenvalue weighted by atomic mass is 16.2. The van der Waals surface area contributed by atoms with Crippen molar-refractivity contribution in [2.75, 3.05) is 6.61 Å². The number of primary amides is 1. The van der Waals surface area contributed by atoms with Crippen LogP contribution in [0.1, 0.15) is 27.9 Å². The van der Waals surface area contributed by atoms with Crippen LogP contribution in [-0.2, 0) is 6.42 Å². The van der Waals surface area contributed by atoms with E-state index in [1.807, 2.05) is 19.1 Å². The SMILES string of the molecule is Cc1c(CCCO)cccc1C(N)=O. The van der Waals surface area contributed by atoms with Gasteiger partial charge in [-0.1, -0.05) is 12.1 Å². The molecule has 14 heavy (non-hydrogen) atoms. The molecule has 0 aliphatic rings. The Morgan fingerprint density at radius 3 is 2.79 bits per heavy atom. The number of aliphatic hydroxyl groups excluding tert-OH is 1. The Morgan fingerprint density at radius 1 is 1.50 bits per heavy atom. The van der Waals surface area contributed by atoms with Crippen LogP contribution in [0.5, 0.6) is 0 Å². The molecule has 1 aromatic carbocycles. The van der Waals surface area contributed by atoms with Crippen LogP contribution >= 0.6 is 0 Å². The van der Waals surface area contributed by atoms with Crippen molar-refractivity contribution in [2.24, 2.45) is 5.73 Å². The van der Waals surface area contributed by atoms with Gasteiger partial charge in [-0.3, -0.25) is 4.79 Å². The van der Waals surface area contributed by atoms with E-state index in [4.69, 9.17) is 10.8 Å². The Balaban J connectivity index is 2.95. The lowest BCUT2D eigenvalue weighted by molar-refractivity contribution is 0.0999. The first-order valence-electron chi connectivity index (χ1n) is 4.66. The summed E-state index contributed by atoms with van der Waals surface area (Å²) in [5.74, 6) is -0.395. The maximum absolute atomic E-state index is 11.0. The first-order valence-corrected chi connectivity index (χ1v) is 4.66. The van der Waals surface area contributed by atoms with Gasteiger partial charge >= 0.3 is 0 Å². The number of nitrogens with two attached hydrogens (primary N) is 1. The largest absolute Gasteiger partial charge is 0.396 e. The number of benzene rings is 1. The number of hydrogen-bond acceptors (Lipinski definition) is 2. The molecule has 0 bridgehead atoms. The zero-order valence-electron chi connectivity index (χ0n) is 8.29. The number of aryl methyl sites for hydroxylation is 1. The van der Waals surface area contributed by atoms with Crippen LogP contribution in [0.25, 0.3) is 0 Å². The normalized spacial score (nSPS) is 10.1. The molecule has 0 aliphatic heterocycles. The first kappa shape index (κ1) is 10.7. The van der Waals surface area contributed by atoms with Crippen molar-refractivity contribution < 1.29 is 9.90 Å². The molecule has 0 saturated carbocycles. The van der Waals surface area contributed by atoms with E-state index in [1.54, 1.807) is 6.07 Å². The van der Waals surface area contributed by atoms with Gasteiger partial charge in [0.2, 0.25) is 5.91 Å². The van der Waals surface area contributed by atoms with E-state index < -0.39 is 5.91 Å². The summed E-state index contributed by atoms with van der Waals surface area (Å²) in [6.07, 6.45) is 1.49. The van der Waals surface area contributed by atoms with Crippen molar-refractivity contribution in [2.45, 2.75) is 19.8 Å².